The van der Waals surface area contributed by atoms with E-state index in [0.29, 0.717) is 18.3 Å². The molecule has 1 N–H and O–H groups in total. The molecule has 0 heterocycles. The zero-order valence-electron chi connectivity index (χ0n) is 8.56. The predicted octanol–water partition coefficient (Wildman–Crippen LogP) is 2.50. The summed E-state index contributed by atoms with van der Waals surface area (Å²) in [5, 5.41) is 3.35. The molecule has 1 nitrogen and oxygen atoms in total. The van der Waals surface area contributed by atoms with E-state index in [4.69, 9.17) is 7.85 Å². The highest BCUT2D eigenvalue weighted by Crippen LogP contribution is 2.12. The second kappa shape index (κ2) is 6.16. The molecule has 0 amide bonds. The number of hydrogen-bond donors (Lipinski definition) is 1. The molecule has 0 bridgehead atoms. The van der Waals surface area contributed by atoms with Gasteiger partial charge in [-0.1, -0.05) is 40.1 Å². The average molecular weight is 165 g/mol. The van der Waals surface area contributed by atoms with Crippen LogP contribution in [0.2, 0.25) is 6.32 Å². The molecule has 0 fully saturated rings. The second-order valence-corrected chi connectivity index (χ2v) is 3.35. The Morgan fingerprint density at radius 2 is 2.00 bits per heavy atom. The van der Waals surface area contributed by atoms with Crippen molar-refractivity contribution < 1.29 is 0 Å². The monoisotopic (exact) mass is 165 g/mol. The smallest absolute Gasteiger partial charge is 0.0736 e. The largest absolute Gasteiger partial charge is 0.386 e. The third kappa shape index (κ3) is 3.84. The van der Waals surface area contributed by atoms with Crippen LogP contribution in [0.4, 0.5) is 0 Å². The Kier molecular flexibility index (Phi) is 5.95. The highest BCUT2D eigenvalue weighted by Gasteiger charge is 2.12. The summed E-state index contributed by atoms with van der Waals surface area (Å²) in [6.07, 6.45) is 2.87. The first kappa shape index (κ1) is 11.6. The molecule has 2 atom stereocenters. The Balaban J connectivity index is 3.90. The van der Waals surface area contributed by atoms with E-state index in [-0.39, 0.29) is 0 Å². The van der Waals surface area contributed by atoms with Crippen LogP contribution in [-0.4, -0.2) is 13.9 Å². The summed E-state index contributed by atoms with van der Waals surface area (Å²) in [4.78, 5) is 0. The third-order valence-electron chi connectivity index (χ3n) is 2.41. The SMILES string of the molecule is [B]CC(=C)NC(CC)C(C)CC. The van der Waals surface area contributed by atoms with Crippen molar-refractivity contribution in [3.63, 3.8) is 0 Å². The van der Waals surface area contributed by atoms with Gasteiger partial charge in [-0.3, -0.25) is 0 Å². The van der Waals surface area contributed by atoms with Crippen LogP contribution in [0.1, 0.15) is 33.6 Å². The number of hydrogen-bond acceptors (Lipinski definition) is 1. The van der Waals surface area contributed by atoms with Gasteiger partial charge in [-0.25, -0.2) is 0 Å². The van der Waals surface area contributed by atoms with Gasteiger partial charge in [0.1, 0.15) is 0 Å². The normalized spacial score (nSPS) is 15.2. The molecule has 0 aromatic carbocycles. The summed E-state index contributed by atoms with van der Waals surface area (Å²) in [6.45, 7) is 10.5. The van der Waals surface area contributed by atoms with E-state index in [1.807, 2.05) is 0 Å². The van der Waals surface area contributed by atoms with E-state index in [2.05, 4.69) is 32.7 Å². The number of nitrogens with one attached hydrogen (secondary N) is 1. The summed E-state index contributed by atoms with van der Waals surface area (Å²) in [5.74, 6) is 0.693. The second-order valence-electron chi connectivity index (χ2n) is 3.35. The molecule has 2 radical (unpaired) electrons. The first-order chi connectivity index (χ1) is 5.65. The van der Waals surface area contributed by atoms with Gasteiger partial charge in [-0.2, -0.15) is 0 Å². The molecular weight excluding hydrogens is 145 g/mol. The molecule has 0 aliphatic carbocycles. The van der Waals surface area contributed by atoms with Crippen molar-refractivity contribution in [2.24, 2.45) is 5.92 Å². The first-order valence-corrected chi connectivity index (χ1v) is 4.80. The van der Waals surface area contributed by atoms with Crippen LogP contribution in [0.25, 0.3) is 0 Å². The van der Waals surface area contributed by atoms with Crippen LogP contribution in [0.15, 0.2) is 12.3 Å². The molecule has 0 aliphatic rings. The quantitative estimate of drug-likeness (QED) is 0.596. The highest BCUT2D eigenvalue weighted by molar-refractivity contribution is 6.10. The van der Waals surface area contributed by atoms with Gasteiger partial charge >= 0.3 is 0 Å². The van der Waals surface area contributed by atoms with Gasteiger partial charge in [0.2, 0.25) is 0 Å². The zero-order valence-corrected chi connectivity index (χ0v) is 8.56. The van der Waals surface area contributed by atoms with Crippen LogP contribution in [0.3, 0.4) is 0 Å². The fourth-order valence-corrected chi connectivity index (χ4v) is 1.25. The molecule has 0 saturated carbocycles. The summed E-state index contributed by atoms with van der Waals surface area (Å²) >= 11 is 0. The van der Waals surface area contributed by atoms with Gasteiger partial charge in [0, 0.05) is 6.04 Å². The van der Waals surface area contributed by atoms with Gasteiger partial charge in [-0.15, -0.1) is 0 Å². The van der Waals surface area contributed by atoms with E-state index >= 15 is 0 Å². The minimum atomic E-state index is 0.533. The molecule has 2 unspecified atom stereocenters. The maximum absolute atomic E-state index is 5.45. The Labute approximate surface area is 78.0 Å². The van der Waals surface area contributed by atoms with Crippen molar-refractivity contribution >= 4 is 7.85 Å². The molecule has 0 aromatic heterocycles. The molecular formula is C10H20BN. The maximum Gasteiger partial charge on any atom is 0.0736 e. The van der Waals surface area contributed by atoms with E-state index < -0.39 is 0 Å². The van der Waals surface area contributed by atoms with Gasteiger partial charge in [0.25, 0.3) is 0 Å². The molecule has 12 heavy (non-hydrogen) atoms. The molecule has 0 rings (SSSR count). The van der Waals surface area contributed by atoms with Crippen molar-refractivity contribution in [2.45, 2.75) is 46.0 Å². The van der Waals surface area contributed by atoms with Crippen molar-refractivity contribution in [3.8, 4) is 0 Å². The fraction of sp³-hybridized carbons (Fsp3) is 0.800. The van der Waals surface area contributed by atoms with Crippen LogP contribution >= 0.6 is 0 Å². The Morgan fingerprint density at radius 1 is 1.42 bits per heavy atom. The minimum absolute atomic E-state index is 0.533. The van der Waals surface area contributed by atoms with Gasteiger partial charge in [0.15, 0.2) is 0 Å². The topological polar surface area (TPSA) is 12.0 Å². The van der Waals surface area contributed by atoms with Crippen molar-refractivity contribution in [1.82, 2.24) is 5.32 Å². The lowest BCUT2D eigenvalue weighted by molar-refractivity contribution is 0.382. The molecule has 0 spiro atoms. The van der Waals surface area contributed by atoms with Crippen LogP contribution < -0.4 is 5.32 Å². The average Bonchev–Trinajstić information content (AvgIpc) is 2.12. The maximum atomic E-state index is 5.45. The minimum Gasteiger partial charge on any atom is -0.386 e. The third-order valence-corrected chi connectivity index (χ3v) is 2.41. The fourth-order valence-electron chi connectivity index (χ4n) is 1.25. The Morgan fingerprint density at radius 3 is 2.33 bits per heavy atom. The molecule has 0 saturated heterocycles. The summed E-state index contributed by atoms with van der Waals surface area (Å²) in [6, 6.07) is 0.533. The highest BCUT2D eigenvalue weighted by atomic mass is 14.9. The first-order valence-electron chi connectivity index (χ1n) is 4.80. The summed E-state index contributed by atoms with van der Waals surface area (Å²) in [7, 11) is 5.45. The number of allylic oxidation sites excluding steroid dienone is 1. The van der Waals surface area contributed by atoms with Crippen molar-refractivity contribution in [2.75, 3.05) is 0 Å². The summed E-state index contributed by atoms with van der Waals surface area (Å²) < 4.78 is 0. The number of rotatable bonds is 6. The summed E-state index contributed by atoms with van der Waals surface area (Å²) in [5.41, 5.74) is 0.946. The van der Waals surface area contributed by atoms with E-state index in [1.54, 1.807) is 0 Å². The van der Waals surface area contributed by atoms with Gasteiger partial charge in [0.05, 0.1) is 7.85 Å². The Bertz CT molecular complexity index is 134. The molecule has 68 valence electrons. The zero-order chi connectivity index (χ0) is 9.56. The van der Waals surface area contributed by atoms with Crippen LogP contribution in [0.5, 0.6) is 0 Å². The van der Waals surface area contributed by atoms with E-state index in [9.17, 15) is 0 Å². The Hall–Kier alpha value is -0.395. The van der Waals surface area contributed by atoms with Crippen molar-refractivity contribution in [3.05, 3.63) is 12.3 Å². The molecule has 0 aliphatic heterocycles. The van der Waals surface area contributed by atoms with Gasteiger partial charge < -0.3 is 5.32 Å². The standard InChI is InChI=1S/C10H20BN/c1-5-8(3)10(6-2)12-9(4)7-11/h8,10,12H,4-7H2,1-3H3. The van der Waals surface area contributed by atoms with Crippen molar-refractivity contribution in [1.29, 1.82) is 0 Å². The van der Waals surface area contributed by atoms with Crippen LogP contribution in [0, 0.1) is 5.92 Å². The van der Waals surface area contributed by atoms with Crippen LogP contribution in [-0.2, 0) is 0 Å². The van der Waals surface area contributed by atoms with Gasteiger partial charge in [-0.05, 0) is 18.0 Å². The lowest BCUT2D eigenvalue weighted by atomic mass is 9.95. The lowest BCUT2D eigenvalue weighted by Crippen LogP contribution is -2.33. The molecule has 0 aromatic rings. The van der Waals surface area contributed by atoms with E-state index in [0.717, 1.165) is 12.1 Å². The lowest BCUT2D eigenvalue weighted by Gasteiger charge is -2.24. The van der Waals surface area contributed by atoms with E-state index in [1.165, 1.54) is 6.42 Å². The predicted molar refractivity (Wildman–Crippen MR) is 56.4 cm³/mol. The molecule has 2 heteroatoms.